The molecule has 0 spiro atoms. The summed E-state index contributed by atoms with van der Waals surface area (Å²) in [6.07, 6.45) is 4.98. The van der Waals surface area contributed by atoms with Gasteiger partial charge in [-0.3, -0.25) is 4.90 Å². The third-order valence-corrected chi connectivity index (χ3v) is 5.18. The first-order chi connectivity index (χ1) is 9.65. The molecule has 112 valence electrons. The van der Waals surface area contributed by atoms with Crippen LogP contribution in [0, 0.1) is 0 Å². The predicted octanol–water partition coefficient (Wildman–Crippen LogP) is 3.77. The van der Waals surface area contributed by atoms with Crippen molar-refractivity contribution in [1.82, 2.24) is 10.2 Å². The Labute approximate surface area is 124 Å². The molecule has 0 saturated carbocycles. The summed E-state index contributed by atoms with van der Waals surface area (Å²) >= 11 is 0. The van der Waals surface area contributed by atoms with Crippen LogP contribution in [0.25, 0.3) is 0 Å². The zero-order valence-electron chi connectivity index (χ0n) is 13.6. The van der Waals surface area contributed by atoms with Gasteiger partial charge in [-0.05, 0) is 63.9 Å². The van der Waals surface area contributed by atoms with Gasteiger partial charge in [0.25, 0.3) is 0 Å². The largest absolute Gasteiger partial charge is 0.311 e. The Hall–Kier alpha value is -0.860. The molecule has 1 N–H and O–H groups in total. The fraction of sp³-hybridized carbons (Fsp3) is 0.667. The van der Waals surface area contributed by atoms with E-state index in [1.165, 1.54) is 43.5 Å². The van der Waals surface area contributed by atoms with Crippen LogP contribution in [-0.2, 0) is 6.42 Å². The van der Waals surface area contributed by atoms with Crippen LogP contribution in [0.4, 0.5) is 0 Å². The van der Waals surface area contributed by atoms with E-state index in [-0.39, 0.29) is 5.54 Å². The maximum absolute atomic E-state index is 3.58. The average molecular weight is 274 g/mol. The zero-order valence-corrected chi connectivity index (χ0v) is 13.6. The van der Waals surface area contributed by atoms with Gasteiger partial charge in [0.05, 0.1) is 6.04 Å². The van der Waals surface area contributed by atoms with E-state index >= 15 is 0 Å². The van der Waals surface area contributed by atoms with Gasteiger partial charge in [0.1, 0.15) is 0 Å². The standard InChI is InChI=1S/C18H30N2/c1-5-15-9-11-16(12-10-15)17(19-4)18(3,6-2)20-13-7-8-14-20/h9-12,17,19H,5-8,13-14H2,1-4H3. The number of hydrogen-bond acceptors (Lipinski definition) is 2. The van der Waals surface area contributed by atoms with Gasteiger partial charge in [-0.25, -0.2) is 0 Å². The lowest BCUT2D eigenvalue weighted by atomic mass is 9.83. The van der Waals surface area contributed by atoms with E-state index in [0.29, 0.717) is 6.04 Å². The summed E-state index contributed by atoms with van der Waals surface area (Å²) in [4.78, 5) is 2.68. The second-order valence-electron chi connectivity index (χ2n) is 6.22. The molecular formula is C18H30N2. The van der Waals surface area contributed by atoms with E-state index in [9.17, 15) is 0 Å². The summed E-state index contributed by atoms with van der Waals surface area (Å²) in [6.45, 7) is 9.45. The monoisotopic (exact) mass is 274 g/mol. The molecule has 2 atom stereocenters. The van der Waals surface area contributed by atoms with E-state index < -0.39 is 0 Å². The van der Waals surface area contributed by atoms with Gasteiger partial charge in [-0.15, -0.1) is 0 Å². The molecule has 0 aliphatic carbocycles. The minimum Gasteiger partial charge on any atom is -0.311 e. The molecule has 1 aliphatic rings. The molecule has 1 heterocycles. The first-order valence-corrected chi connectivity index (χ1v) is 8.16. The van der Waals surface area contributed by atoms with Crippen LogP contribution in [0.3, 0.4) is 0 Å². The summed E-state index contributed by atoms with van der Waals surface area (Å²) in [5, 5.41) is 3.58. The molecule has 1 aliphatic heterocycles. The van der Waals surface area contributed by atoms with Crippen molar-refractivity contribution < 1.29 is 0 Å². The van der Waals surface area contributed by atoms with E-state index in [1.54, 1.807) is 0 Å². The highest BCUT2D eigenvalue weighted by atomic mass is 15.2. The normalized spacial score (nSPS) is 20.8. The number of aryl methyl sites for hydroxylation is 1. The molecule has 2 nitrogen and oxygen atoms in total. The smallest absolute Gasteiger partial charge is 0.0501 e. The fourth-order valence-corrected chi connectivity index (χ4v) is 3.62. The van der Waals surface area contributed by atoms with Crippen LogP contribution in [0.15, 0.2) is 24.3 Å². The summed E-state index contributed by atoms with van der Waals surface area (Å²) in [7, 11) is 2.10. The maximum atomic E-state index is 3.58. The quantitative estimate of drug-likeness (QED) is 0.849. The van der Waals surface area contributed by atoms with E-state index in [2.05, 4.69) is 62.3 Å². The topological polar surface area (TPSA) is 15.3 Å². The highest BCUT2D eigenvalue weighted by Crippen LogP contribution is 2.36. The highest BCUT2D eigenvalue weighted by Gasteiger charge is 2.39. The number of likely N-dealkylation sites (N-methyl/N-ethyl adjacent to an activating group) is 1. The van der Waals surface area contributed by atoms with Gasteiger partial charge in [0.15, 0.2) is 0 Å². The predicted molar refractivity (Wildman–Crippen MR) is 87.1 cm³/mol. The number of likely N-dealkylation sites (tertiary alicyclic amines) is 1. The lowest BCUT2D eigenvalue weighted by molar-refractivity contribution is 0.0873. The van der Waals surface area contributed by atoms with Crippen molar-refractivity contribution in [3.05, 3.63) is 35.4 Å². The fourth-order valence-electron chi connectivity index (χ4n) is 3.62. The Morgan fingerprint density at radius 1 is 1.15 bits per heavy atom. The van der Waals surface area contributed by atoms with Crippen molar-refractivity contribution in [3.63, 3.8) is 0 Å². The molecule has 20 heavy (non-hydrogen) atoms. The van der Waals surface area contributed by atoms with Crippen molar-refractivity contribution in [2.75, 3.05) is 20.1 Å². The van der Waals surface area contributed by atoms with Crippen LogP contribution in [0.5, 0.6) is 0 Å². The van der Waals surface area contributed by atoms with Crippen LogP contribution in [0.1, 0.15) is 57.2 Å². The number of rotatable bonds is 6. The highest BCUT2D eigenvalue weighted by molar-refractivity contribution is 5.27. The Kier molecular flexibility index (Phi) is 5.22. The Balaban J connectivity index is 2.27. The van der Waals surface area contributed by atoms with Gasteiger partial charge in [-0.2, -0.15) is 0 Å². The summed E-state index contributed by atoms with van der Waals surface area (Å²) < 4.78 is 0. The molecule has 1 saturated heterocycles. The molecule has 1 aromatic carbocycles. The molecule has 1 fully saturated rings. The van der Waals surface area contributed by atoms with Crippen LogP contribution in [-0.4, -0.2) is 30.6 Å². The van der Waals surface area contributed by atoms with Gasteiger partial charge >= 0.3 is 0 Å². The molecule has 1 aromatic rings. The van der Waals surface area contributed by atoms with E-state index in [1.807, 2.05) is 0 Å². The second kappa shape index (κ2) is 6.73. The van der Waals surface area contributed by atoms with Crippen molar-refractivity contribution in [3.8, 4) is 0 Å². The molecular weight excluding hydrogens is 244 g/mol. The first kappa shape index (κ1) is 15.5. The lowest BCUT2D eigenvalue weighted by Crippen LogP contribution is -2.52. The van der Waals surface area contributed by atoms with Gasteiger partial charge in [0.2, 0.25) is 0 Å². The van der Waals surface area contributed by atoms with E-state index in [4.69, 9.17) is 0 Å². The third kappa shape index (κ3) is 2.91. The summed E-state index contributed by atoms with van der Waals surface area (Å²) in [6, 6.07) is 9.57. The summed E-state index contributed by atoms with van der Waals surface area (Å²) in [5.74, 6) is 0. The second-order valence-corrected chi connectivity index (χ2v) is 6.22. The van der Waals surface area contributed by atoms with E-state index in [0.717, 1.165) is 6.42 Å². The number of nitrogens with zero attached hydrogens (tertiary/aromatic N) is 1. The van der Waals surface area contributed by atoms with Gasteiger partial charge in [-0.1, -0.05) is 38.1 Å². The minimum absolute atomic E-state index is 0.207. The minimum atomic E-state index is 0.207. The molecule has 0 radical (unpaired) electrons. The maximum Gasteiger partial charge on any atom is 0.0501 e. The zero-order chi connectivity index (χ0) is 14.6. The Morgan fingerprint density at radius 3 is 2.20 bits per heavy atom. The van der Waals surface area contributed by atoms with Crippen LogP contribution >= 0.6 is 0 Å². The van der Waals surface area contributed by atoms with Crippen LogP contribution in [0.2, 0.25) is 0 Å². The number of hydrogen-bond donors (Lipinski definition) is 1. The first-order valence-electron chi connectivity index (χ1n) is 8.16. The Morgan fingerprint density at radius 2 is 1.75 bits per heavy atom. The van der Waals surface area contributed by atoms with Crippen molar-refractivity contribution in [1.29, 1.82) is 0 Å². The van der Waals surface area contributed by atoms with Crippen LogP contribution < -0.4 is 5.32 Å². The average Bonchev–Trinajstić information content (AvgIpc) is 3.03. The van der Waals surface area contributed by atoms with Crippen molar-refractivity contribution in [2.45, 2.75) is 58.0 Å². The third-order valence-electron chi connectivity index (χ3n) is 5.18. The SMILES string of the molecule is CCc1ccc(C(NC)C(C)(CC)N2CCCC2)cc1. The molecule has 2 heteroatoms. The van der Waals surface area contributed by atoms with Gasteiger partial charge < -0.3 is 5.32 Å². The van der Waals surface area contributed by atoms with Crippen molar-refractivity contribution >= 4 is 0 Å². The summed E-state index contributed by atoms with van der Waals surface area (Å²) in [5.41, 5.74) is 3.04. The molecule has 0 amide bonds. The number of benzene rings is 1. The molecule has 2 unspecified atom stereocenters. The van der Waals surface area contributed by atoms with Crippen molar-refractivity contribution in [2.24, 2.45) is 0 Å². The lowest BCUT2D eigenvalue weighted by Gasteiger charge is -2.44. The molecule has 2 rings (SSSR count). The Bertz CT molecular complexity index is 406. The van der Waals surface area contributed by atoms with Gasteiger partial charge in [0, 0.05) is 5.54 Å². The molecule has 0 bridgehead atoms. The molecule has 0 aromatic heterocycles. The number of nitrogens with one attached hydrogen (secondary N) is 1.